The number of amides is 1. The first kappa shape index (κ1) is 18.0. The number of esters is 1. The summed E-state index contributed by atoms with van der Waals surface area (Å²) in [6.45, 7) is 1.67. The zero-order valence-corrected chi connectivity index (χ0v) is 15.6. The van der Waals surface area contributed by atoms with E-state index in [0.717, 1.165) is 16.7 Å². The fourth-order valence-corrected chi connectivity index (χ4v) is 3.59. The SMILES string of the molecule is CC1(C(=O)NC(c2ccccc2)c2ccccc2)Cc2ccccc2C(=O)O1. The minimum atomic E-state index is -1.26. The summed E-state index contributed by atoms with van der Waals surface area (Å²) in [5, 5.41) is 3.10. The molecule has 0 radical (unpaired) electrons. The molecule has 0 spiro atoms. The molecule has 4 heteroatoms. The minimum absolute atomic E-state index is 0.312. The highest BCUT2D eigenvalue weighted by Crippen LogP contribution is 2.30. The highest BCUT2D eigenvalue weighted by atomic mass is 16.6. The third kappa shape index (κ3) is 3.41. The van der Waals surface area contributed by atoms with Crippen LogP contribution in [-0.2, 0) is 16.0 Å². The maximum atomic E-state index is 13.2. The number of carbonyl (C=O) groups is 2. The summed E-state index contributed by atoms with van der Waals surface area (Å²) in [6, 6.07) is 26.5. The van der Waals surface area contributed by atoms with Gasteiger partial charge in [-0.15, -0.1) is 0 Å². The molecule has 1 aliphatic rings. The predicted octanol–water partition coefficient (Wildman–Crippen LogP) is 4.06. The Bertz CT molecular complexity index is 961. The fraction of sp³-hybridized carbons (Fsp3) is 0.167. The van der Waals surface area contributed by atoms with Crippen molar-refractivity contribution in [2.24, 2.45) is 0 Å². The van der Waals surface area contributed by atoms with Crippen LogP contribution in [0.3, 0.4) is 0 Å². The van der Waals surface area contributed by atoms with Crippen LogP contribution in [-0.4, -0.2) is 17.5 Å². The Morgan fingerprint density at radius 3 is 2.04 bits per heavy atom. The lowest BCUT2D eigenvalue weighted by Gasteiger charge is -2.34. The van der Waals surface area contributed by atoms with E-state index in [0.29, 0.717) is 12.0 Å². The Morgan fingerprint density at radius 2 is 1.43 bits per heavy atom. The van der Waals surface area contributed by atoms with Gasteiger partial charge in [0.25, 0.3) is 5.91 Å². The van der Waals surface area contributed by atoms with Gasteiger partial charge >= 0.3 is 5.97 Å². The van der Waals surface area contributed by atoms with Gasteiger partial charge in [0.05, 0.1) is 11.6 Å². The lowest BCUT2D eigenvalue weighted by molar-refractivity contribution is -0.140. The van der Waals surface area contributed by atoms with E-state index in [9.17, 15) is 9.59 Å². The molecule has 0 saturated heterocycles. The molecule has 0 aromatic heterocycles. The molecule has 1 atom stereocenters. The van der Waals surface area contributed by atoms with Crippen LogP contribution in [0.5, 0.6) is 0 Å². The highest BCUT2D eigenvalue weighted by molar-refractivity contribution is 5.97. The van der Waals surface area contributed by atoms with E-state index in [1.54, 1.807) is 19.1 Å². The molecule has 1 N–H and O–H groups in total. The fourth-order valence-electron chi connectivity index (χ4n) is 3.59. The highest BCUT2D eigenvalue weighted by Gasteiger charge is 2.43. The van der Waals surface area contributed by atoms with Crippen molar-refractivity contribution in [3.63, 3.8) is 0 Å². The first-order valence-corrected chi connectivity index (χ1v) is 9.29. The van der Waals surface area contributed by atoms with Gasteiger partial charge in [0.15, 0.2) is 5.60 Å². The van der Waals surface area contributed by atoms with Crippen LogP contribution in [0.25, 0.3) is 0 Å². The van der Waals surface area contributed by atoms with E-state index in [1.165, 1.54) is 0 Å². The number of cyclic esters (lactones) is 1. The molecule has 0 saturated carbocycles. The van der Waals surface area contributed by atoms with E-state index in [1.807, 2.05) is 72.8 Å². The van der Waals surface area contributed by atoms with Crippen LogP contribution >= 0.6 is 0 Å². The Morgan fingerprint density at radius 1 is 0.893 bits per heavy atom. The van der Waals surface area contributed by atoms with Gasteiger partial charge in [-0.05, 0) is 29.7 Å². The maximum Gasteiger partial charge on any atom is 0.339 e. The Balaban J connectivity index is 1.64. The van der Waals surface area contributed by atoms with Crippen molar-refractivity contribution in [3.8, 4) is 0 Å². The van der Waals surface area contributed by atoms with Gasteiger partial charge in [-0.25, -0.2) is 4.79 Å². The molecule has 0 fully saturated rings. The van der Waals surface area contributed by atoms with Crippen molar-refractivity contribution in [2.45, 2.75) is 25.0 Å². The lowest BCUT2D eigenvalue weighted by atomic mass is 9.88. The van der Waals surface area contributed by atoms with Crippen molar-refractivity contribution >= 4 is 11.9 Å². The molecule has 0 aliphatic carbocycles. The normalized spacial score (nSPS) is 18.3. The number of benzene rings is 3. The largest absolute Gasteiger partial charge is 0.445 e. The molecule has 0 bridgehead atoms. The molecule has 1 unspecified atom stereocenters. The summed E-state index contributed by atoms with van der Waals surface area (Å²) in [4.78, 5) is 25.7. The topological polar surface area (TPSA) is 55.4 Å². The average Bonchev–Trinajstić information content (AvgIpc) is 2.73. The van der Waals surface area contributed by atoms with Crippen LogP contribution in [0, 0.1) is 0 Å². The second-order valence-corrected chi connectivity index (χ2v) is 7.18. The molecule has 1 heterocycles. The molecule has 1 aliphatic heterocycles. The standard InChI is InChI=1S/C24H21NO3/c1-24(16-19-14-8-9-15-20(19)22(26)28-24)23(27)25-21(17-10-4-2-5-11-17)18-12-6-3-7-13-18/h2-15,21H,16H2,1H3,(H,25,27). The third-order valence-corrected chi connectivity index (χ3v) is 5.10. The van der Waals surface area contributed by atoms with Crippen molar-refractivity contribution in [1.82, 2.24) is 5.32 Å². The maximum absolute atomic E-state index is 13.2. The Kier molecular flexibility index (Phi) is 4.70. The van der Waals surface area contributed by atoms with E-state index in [4.69, 9.17) is 4.74 Å². The van der Waals surface area contributed by atoms with Gasteiger partial charge in [-0.1, -0.05) is 78.9 Å². The van der Waals surface area contributed by atoms with Gasteiger partial charge in [0.2, 0.25) is 0 Å². The number of hydrogen-bond donors (Lipinski definition) is 1. The van der Waals surface area contributed by atoms with E-state index in [-0.39, 0.29) is 11.9 Å². The molecule has 28 heavy (non-hydrogen) atoms. The van der Waals surface area contributed by atoms with Crippen LogP contribution in [0.2, 0.25) is 0 Å². The summed E-state index contributed by atoms with van der Waals surface area (Å²) >= 11 is 0. The summed E-state index contributed by atoms with van der Waals surface area (Å²) in [5.74, 6) is -0.775. The van der Waals surface area contributed by atoms with Crippen molar-refractivity contribution in [1.29, 1.82) is 0 Å². The first-order valence-electron chi connectivity index (χ1n) is 9.29. The monoisotopic (exact) mass is 371 g/mol. The molecule has 4 rings (SSSR count). The third-order valence-electron chi connectivity index (χ3n) is 5.10. The van der Waals surface area contributed by atoms with Gasteiger partial charge in [0.1, 0.15) is 0 Å². The number of hydrogen-bond acceptors (Lipinski definition) is 3. The molecule has 4 nitrogen and oxygen atoms in total. The van der Waals surface area contributed by atoms with Crippen LogP contribution < -0.4 is 5.32 Å². The summed E-state index contributed by atoms with van der Waals surface area (Å²) in [5.41, 5.74) is 2.02. The summed E-state index contributed by atoms with van der Waals surface area (Å²) in [7, 11) is 0. The molecule has 1 amide bonds. The summed E-state index contributed by atoms with van der Waals surface area (Å²) < 4.78 is 5.58. The van der Waals surface area contributed by atoms with Crippen LogP contribution in [0.15, 0.2) is 84.9 Å². The van der Waals surface area contributed by atoms with Crippen molar-refractivity contribution in [2.75, 3.05) is 0 Å². The number of nitrogens with one attached hydrogen (secondary N) is 1. The van der Waals surface area contributed by atoms with Crippen LogP contribution in [0.1, 0.15) is 40.0 Å². The number of ether oxygens (including phenoxy) is 1. The molecule has 140 valence electrons. The van der Waals surface area contributed by atoms with Gasteiger partial charge < -0.3 is 10.1 Å². The van der Waals surface area contributed by atoms with E-state index < -0.39 is 11.6 Å². The summed E-state index contributed by atoms with van der Waals surface area (Å²) in [6.07, 6.45) is 0.344. The Hall–Kier alpha value is -3.40. The van der Waals surface area contributed by atoms with Gasteiger partial charge in [-0.2, -0.15) is 0 Å². The second-order valence-electron chi connectivity index (χ2n) is 7.18. The second kappa shape index (κ2) is 7.31. The lowest BCUT2D eigenvalue weighted by Crippen LogP contribution is -2.52. The zero-order chi connectivity index (χ0) is 19.6. The van der Waals surface area contributed by atoms with Crippen molar-refractivity contribution in [3.05, 3.63) is 107 Å². The smallest absolute Gasteiger partial charge is 0.339 e. The Labute approximate surface area is 164 Å². The first-order chi connectivity index (χ1) is 13.6. The average molecular weight is 371 g/mol. The zero-order valence-electron chi connectivity index (χ0n) is 15.6. The van der Waals surface area contributed by atoms with Crippen molar-refractivity contribution < 1.29 is 14.3 Å². The number of fused-ring (bicyclic) bond motifs is 1. The molecular weight excluding hydrogens is 350 g/mol. The minimum Gasteiger partial charge on any atom is -0.445 e. The van der Waals surface area contributed by atoms with E-state index in [2.05, 4.69) is 5.32 Å². The molecular formula is C24H21NO3. The number of rotatable bonds is 4. The quantitative estimate of drug-likeness (QED) is 0.704. The van der Waals surface area contributed by atoms with E-state index >= 15 is 0 Å². The molecule has 3 aromatic rings. The van der Waals surface area contributed by atoms with Crippen LogP contribution in [0.4, 0.5) is 0 Å². The predicted molar refractivity (Wildman–Crippen MR) is 107 cm³/mol. The molecule has 3 aromatic carbocycles. The van der Waals surface area contributed by atoms with Gasteiger partial charge in [0, 0.05) is 6.42 Å². The van der Waals surface area contributed by atoms with Gasteiger partial charge in [-0.3, -0.25) is 4.79 Å². The number of carbonyl (C=O) groups excluding carboxylic acids is 2.